The first-order valence-electron chi connectivity index (χ1n) is 5.68. The average molecular weight is 284 g/mol. The van der Waals surface area contributed by atoms with Crippen molar-refractivity contribution in [2.75, 3.05) is 7.11 Å². The number of benzene rings is 1. The number of hydrogen-bond acceptors (Lipinski definition) is 4. The van der Waals surface area contributed by atoms with Crippen molar-refractivity contribution in [3.8, 4) is 5.75 Å². The number of nitrogens with two attached hydrogens (primary N) is 1. The van der Waals surface area contributed by atoms with Gasteiger partial charge in [-0.1, -0.05) is 11.6 Å². The summed E-state index contributed by atoms with van der Waals surface area (Å²) in [6, 6.07) is 2.44. The minimum absolute atomic E-state index is 0.130. The van der Waals surface area contributed by atoms with Crippen molar-refractivity contribution < 1.29 is 19.1 Å². The molecule has 0 saturated heterocycles. The number of methoxy groups -OCH3 is 1. The summed E-state index contributed by atoms with van der Waals surface area (Å²) in [4.78, 5) is 10.8. The van der Waals surface area contributed by atoms with Crippen LogP contribution in [0.3, 0.4) is 0 Å². The minimum atomic E-state index is -1.07. The molecule has 6 heteroatoms. The molecule has 1 aromatic carbocycles. The number of carboxylic acid groups (broad SMARTS) is 1. The van der Waals surface area contributed by atoms with E-state index >= 15 is 0 Å². The van der Waals surface area contributed by atoms with Gasteiger partial charge in [0.25, 0.3) is 0 Å². The molecule has 3 N–H and O–H groups in total. The second-order valence-corrected chi connectivity index (χ2v) is 4.68. The molecule has 0 fully saturated rings. The molecular weight excluding hydrogens is 270 g/mol. The summed E-state index contributed by atoms with van der Waals surface area (Å²) in [5, 5.41) is 10.0. The molecule has 19 heavy (non-hydrogen) atoms. The monoisotopic (exact) mass is 283 g/mol. The molecular formula is C13H14ClNO4. The summed E-state index contributed by atoms with van der Waals surface area (Å²) < 4.78 is 10.8. The Labute approximate surface area is 114 Å². The molecule has 5 nitrogen and oxygen atoms in total. The third-order valence-corrected chi connectivity index (χ3v) is 3.33. The highest BCUT2D eigenvalue weighted by Gasteiger charge is 2.19. The van der Waals surface area contributed by atoms with Crippen LogP contribution in [0.15, 0.2) is 16.5 Å². The van der Waals surface area contributed by atoms with Crippen LogP contribution in [0.25, 0.3) is 11.0 Å². The molecule has 0 amide bonds. The molecule has 2 rings (SSSR count). The number of aliphatic carboxylic acids is 1. The Bertz CT molecular complexity index is 635. The van der Waals surface area contributed by atoms with Crippen LogP contribution in [0.5, 0.6) is 5.75 Å². The lowest BCUT2D eigenvalue weighted by atomic mass is 10.0. The molecule has 0 bridgehead atoms. The van der Waals surface area contributed by atoms with Gasteiger partial charge in [0, 0.05) is 5.39 Å². The molecule has 1 unspecified atom stereocenters. The fourth-order valence-electron chi connectivity index (χ4n) is 1.94. The molecule has 102 valence electrons. The summed E-state index contributed by atoms with van der Waals surface area (Å²) in [6.07, 6.45) is 0.130. The number of hydrogen-bond donors (Lipinski definition) is 2. The fraction of sp³-hybridized carbons (Fsp3) is 0.308. The SMILES string of the molecule is COc1cc(CC(N)C(=O)O)c(Cl)c2cc(C)oc12. The second kappa shape index (κ2) is 5.11. The molecule has 0 saturated carbocycles. The van der Waals surface area contributed by atoms with E-state index in [4.69, 9.17) is 31.6 Å². The van der Waals surface area contributed by atoms with Gasteiger partial charge in [0.05, 0.1) is 12.1 Å². The van der Waals surface area contributed by atoms with Gasteiger partial charge in [0.2, 0.25) is 0 Å². The highest BCUT2D eigenvalue weighted by atomic mass is 35.5. The number of aryl methyl sites for hydroxylation is 1. The average Bonchev–Trinajstić information content (AvgIpc) is 2.74. The highest BCUT2D eigenvalue weighted by Crippen LogP contribution is 2.37. The van der Waals surface area contributed by atoms with Crippen molar-refractivity contribution >= 4 is 28.5 Å². The van der Waals surface area contributed by atoms with Crippen LogP contribution in [0.1, 0.15) is 11.3 Å². The van der Waals surface area contributed by atoms with Gasteiger partial charge in [-0.25, -0.2) is 0 Å². The fourth-order valence-corrected chi connectivity index (χ4v) is 2.22. The molecule has 0 aliphatic rings. The lowest BCUT2D eigenvalue weighted by molar-refractivity contribution is -0.138. The van der Waals surface area contributed by atoms with E-state index in [1.807, 2.05) is 0 Å². The predicted molar refractivity (Wildman–Crippen MR) is 71.8 cm³/mol. The number of carboxylic acids is 1. The normalized spacial score (nSPS) is 12.6. The zero-order chi connectivity index (χ0) is 14.2. The van der Waals surface area contributed by atoms with Crippen molar-refractivity contribution in [2.24, 2.45) is 5.73 Å². The van der Waals surface area contributed by atoms with Crippen LogP contribution in [0.4, 0.5) is 0 Å². The van der Waals surface area contributed by atoms with Gasteiger partial charge in [0.1, 0.15) is 11.8 Å². The molecule has 0 aliphatic heterocycles. The maximum atomic E-state index is 10.8. The van der Waals surface area contributed by atoms with Gasteiger partial charge in [-0.15, -0.1) is 0 Å². The van der Waals surface area contributed by atoms with E-state index in [1.54, 1.807) is 19.1 Å². The Balaban J connectivity index is 2.55. The van der Waals surface area contributed by atoms with Gasteiger partial charge in [-0.05, 0) is 31.0 Å². The molecule has 0 aliphatic carbocycles. The van der Waals surface area contributed by atoms with Gasteiger partial charge >= 0.3 is 5.97 Å². The summed E-state index contributed by atoms with van der Waals surface area (Å²) >= 11 is 6.27. The molecule has 0 radical (unpaired) electrons. The number of ether oxygens (including phenoxy) is 1. The molecule has 1 atom stereocenters. The summed E-state index contributed by atoms with van der Waals surface area (Å²) in [5.74, 6) is 0.147. The first-order chi connectivity index (χ1) is 8.93. The second-order valence-electron chi connectivity index (χ2n) is 4.30. The zero-order valence-electron chi connectivity index (χ0n) is 10.6. The van der Waals surface area contributed by atoms with Crippen LogP contribution < -0.4 is 10.5 Å². The Hall–Kier alpha value is -1.72. The van der Waals surface area contributed by atoms with Crippen LogP contribution in [0, 0.1) is 6.92 Å². The topological polar surface area (TPSA) is 85.7 Å². The van der Waals surface area contributed by atoms with E-state index in [1.165, 1.54) is 7.11 Å². The van der Waals surface area contributed by atoms with E-state index in [2.05, 4.69) is 0 Å². The zero-order valence-corrected chi connectivity index (χ0v) is 11.3. The van der Waals surface area contributed by atoms with E-state index in [0.717, 1.165) is 0 Å². The standard InChI is InChI=1S/C13H14ClNO4/c1-6-3-8-11(14)7(4-9(15)13(16)17)5-10(18-2)12(8)19-6/h3,5,9H,4,15H2,1-2H3,(H,16,17). The minimum Gasteiger partial charge on any atom is -0.493 e. The first kappa shape index (κ1) is 13.7. The van der Waals surface area contributed by atoms with Crippen molar-refractivity contribution in [3.05, 3.63) is 28.5 Å². The Morgan fingerprint density at radius 2 is 2.26 bits per heavy atom. The predicted octanol–water partition coefficient (Wildman–Crippen LogP) is 2.36. The van der Waals surface area contributed by atoms with Gasteiger partial charge in [-0.3, -0.25) is 4.79 Å². The van der Waals surface area contributed by atoms with E-state index in [-0.39, 0.29) is 6.42 Å². The Morgan fingerprint density at radius 1 is 1.58 bits per heavy atom. The van der Waals surface area contributed by atoms with Crippen molar-refractivity contribution in [3.63, 3.8) is 0 Å². The molecule has 1 aromatic heterocycles. The third-order valence-electron chi connectivity index (χ3n) is 2.88. The van der Waals surface area contributed by atoms with Crippen LogP contribution in [-0.2, 0) is 11.2 Å². The number of rotatable bonds is 4. The smallest absolute Gasteiger partial charge is 0.320 e. The number of halogens is 1. The van der Waals surface area contributed by atoms with Gasteiger partial charge in [-0.2, -0.15) is 0 Å². The number of carbonyl (C=O) groups is 1. The molecule has 2 aromatic rings. The maximum Gasteiger partial charge on any atom is 0.320 e. The van der Waals surface area contributed by atoms with Crippen molar-refractivity contribution in [1.82, 2.24) is 0 Å². The lowest BCUT2D eigenvalue weighted by Crippen LogP contribution is -2.32. The van der Waals surface area contributed by atoms with Crippen LogP contribution in [-0.4, -0.2) is 24.2 Å². The third kappa shape index (κ3) is 2.52. The van der Waals surface area contributed by atoms with E-state index < -0.39 is 12.0 Å². The number of furan rings is 1. The van der Waals surface area contributed by atoms with Crippen molar-refractivity contribution in [2.45, 2.75) is 19.4 Å². The Morgan fingerprint density at radius 3 is 2.84 bits per heavy atom. The van der Waals surface area contributed by atoms with Gasteiger partial charge < -0.3 is 20.0 Å². The lowest BCUT2D eigenvalue weighted by Gasteiger charge is -2.11. The first-order valence-corrected chi connectivity index (χ1v) is 6.05. The van der Waals surface area contributed by atoms with E-state index in [9.17, 15) is 4.79 Å². The summed E-state index contributed by atoms with van der Waals surface area (Å²) in [6.45, 7) is 1.80. The highest BCUT2D eigenvalue weighted by molar-refractivity contribution is 6.36. The Kier molecular flexibility index (Phi) is 3.68. The summed E-state index contributed by atoms with van der Waals surface area (Å²) in [7, 11) is 1.52. The molecule has 0 spiro atoms. The van der Waals surface area contributed by atoms with Gasteiger partial charge in [0.15, 0.2) is 11.3 Å². The quantitative estimate of drug-likeness (QED) is 0.899. The maximum absolute atomic E-state index is 10.8. The largest absolute Gasteiger partial charge is 0.493 e. The van der Waals surface area contributed by atoms with Crippen molar-refractivity contribution in [1.29, 1.82) is 0 Å². The van der Waals surface area contributed by atoms with Crippen LogP contribution >= 0.6 is 11.6 Å². The number of fused-ring (bicyclic) bond motifs is 1. The molecule has 1 heterocycles. The summed E-state index contributed by atoms with van der Waals surface area (Å²) in [5.41, 5.74) is 6.72. The van der Waals surface area contributed by atoms with Crippen LogP contribution in [0.2, 0.25) is 5.02 Å². The van der Waals surface area contributed by atoms with E-state index in [0.29, 0.717) is 33.1 Å².